The van der Waals surface area contributed by atoms with Crippen LogP contribution in [-0.4, -0.2) is 13.2 Å². The highest BCUT2D eigenvalue weighted by Gasteiger charge is 2.19. The molecule has 1 aromatic rings. The molecule has 0 saturated heterocycles. The third kappa shape index (κ3) is 1.43. The number of hydrogen-bond donors (Lipinski definition) is 1. The van der Waals surface area contributed by atoms with Crippen LogP contribution in [-0.2, 0) is 6.42 Å². The fourth-order valence-corrected chi connectivity index (χ4v) is 1.90. The average molecular weight is 195 g/mol. The van der Waals surface area contributed by atoms with Crippen LogP contribution in [0, 0.1) is 5.82 Å². The zero-order valence-corrected chi connectivity index (χ0v) is 8.43. The van der Waals surface area contributed by atoms with Gasteiger partial charge < -0.3 is 10.1 Å². The van der Waals surface area contributed by atoms with E-state index in [0.717, 1.165) is 24.1 Å². The molecule has 0 aromatic heterocycles. The Morgan fingerprint density at radius 2 is 2.29 bits per heavy atom. The highest BCUT2D eigenvalue weighted by molar-refractivity contribution is 5.60. The first-order valence-electron chi connectivity index (χ1n) is 4.84. The Kier molecular flexibility index (Phi) is 2.32. The summed E-state index contributed by atoms with van der Waals surface area (Å²) in [7, 11) is 1.51. The largest absolute Gasteiger partial charge is 0.493 e. The van der Waals surface area contributed by atoms with E-state index in [1.165, 1.54) is 13.2 Å². The molecule has 0 aliphatic carbocycles. The van der Waals surface area contributed by atoms with Crippen molar-refractivity contribution in [3.63, 3.8) is 0 Å². The summed E-state index contributed by atoms with van der Waals surface area (Å²) in [4.78, 5) is 0. The number of rotatable bonds is 1. The molecule has 14 heavy (non-hydrogen) atoms. The predicted octanol–water partition coefficient (Wildman–Crippen LogP) is 2.58. The van der Waals surface area contributed by atoms with Gasteiger partial charge in [0.2, 0.25) is 0 Å². The lowest BCUT2D eigenvalue weighted by atomic mass is 9.98. The Balaban J connectivity index is 2.47. The van der Waals surface area contributed by atoms with Gasteiger partial charge in [-0.05, 0) is 31.9 Å². The molecule has 0 saturated carbocycles. The second kappa shape index (κ2) is 3.48. The number of benzene rings is 1. The van der Waals surface area contributed by atoms with Crippen molar-refractivity contribution in [1.82, 2.24) is 0 Å². The van der Waals surface area contributed by atoms with Crippen molar-refractivity contribution in [3.8, 4) is 5.75 Å². The molecule has 76 valence electrons. The van der Waals surface area contributed by atoms with Crippen LogP contribution in [0.15, 0.2) is 12.1 Å². The van der Waals surface area contributed by atoms with Crippen LogP contribution < -0.4 is 10.1 Å². The topological polar surface area (TPSA) is 21.3 Å². The summed E-state index contributed by atoms with van der Waals surface area (Å²) in [6.07, 6.45) is 1.90. The summed E-state index contributed by atoms with van der Waals surface area (Å²) in [6, 6.07) is 3.68. The molecule has 2 nitrogen and oxygen atoms in total. The van der Waals surface area contributed by atoms with Gasteiger partial charge in [0, 0.05) is 17.3 Å². The van der Waals surface area contributed by atoms with Gasteiger partial charge in [-0.3, -0.25) is 0 Å². The van der Waals surface area contributed by atoms with Gasteiger partial charge in [0.15, 0.2) is 11.6 Å². The molecule has 1 heterocycles. The van der Waals surface area contributed by atoms with E-state index in [2.05, 4.69) is 12.2 Å². The second-order valence-corrected chi connectivity index (χ2v) is 3.69. The van der Waals surface area contributed by atoms with Crippen LogP contribution in [0.25, 0.3) is 0 Å². The fourth-order valence-electron chi connectivity index (χ4n) is 1.90. The van der Waals surface area contributed by atoms with Crippen molar-refractivity contribution in [2.45, 2.75) is 25.8 Å². The van der Waals surface area contributed by atoms with E-state index >= 15 is 0 Å². The van der Waals surface area contributed by atoms with Crippen LogP contribution in [0.3, 0.4) is 0 Å². The maximum absolute atomic E-state index is 13.3. The first-order valence-corrected chi connectivity index (χ1v) is 4.84. The van der Waals surface area contributed by atoms with Crippen molar-refractivity contribution >= 4 is 5.69 Å². The highest BCUT2D eigenvalue weighted by atomic mass is 19.1. The normalized spacial score (nSPS) is 19.8. The molecule has 0 spiro atoms. The molecule has 3 heteroatoms. The first-order chi connectivity index (χ1) is 6.72. The maximum atomic E-state index is 13.3. The van der Waals surface area contributed by atoms with Crippen LogP contribution in [0.2, 0.25) is 0 Å². The molecule has 2 rings (SSSR count). The molecule has 0 amide bonds. The fraction of sp³-hybridized carbons (Fsp3) is 0.455. The lowest BCUT2D eigenvalue weighted by Crippen LogP contribution is -2.22. The van der Waals surface area contributed by atoms with Crippen LogP contribution in [0.4, 0.5) is 10.1 Å². The molecule has 1 aliphatic heterocycles. The number of ether oxygens (including phenoxy) is 1. The number of fused-ring (bicyclic) bond motifs is 1. The monoisotopic (exact) mass is 195 g/mol. The van der Waals surface area contributed by atoms with Crippen molar-refractivity contribution in [2.75, 3.05) is 12.4 Å². The summed E-state index contributed by atoms with van der Waals surface area (Å²) in [6.45, 7) is 2.12. The number of nitrogens with one attached hydrogen (secondary N) is 1. The quantitative estimate of drug-likeness (QED) is 0.743. The molecule has 1 unspecified atom stereocenters. The number of hydrogen-bond acceptors (Lipinski definition) is 2. The molecule has 0 bridgehead atoms. The van der Waals surface area contributed by atoms with Gasteiger partial charge >= 0.3 is 0 Å². The Hall–Kier alpha value is -1.25. The molecule has 0 radical (unpaired) electrons. The Morgan fingerprint density at radius 1 is 1.50 bits per heavy atom. The number of halogens is 1. The van der Waals surface area contributed by atoms with E-state index in [4.69, 9.17) is 4.74 Å². The molecule has 1 aromatic carbocycles. The van der Waals surface area contributed by atoms with Crippen molar-refractivity contribution < 1.29 is 9.13 Å². The van der Waals surface area contributed by atoms with Gasteiger partial charge in [0.25, 0.3) is 0 Å². The van der Waals surface area contributed by atoms with E-state index in [1.807, 2.05) is 0 Å². The van der Waals surface area contributed by atoms with E-state index in [-0.39, 0.29) is 5.82 Å². The molecule has 1 N–H and O–H groups in total. The van der Waals surface area contributed by atoms with E-state index < -0.39 is 0 Å². The van der Waals surface area contributed by atoms with Gasteiger partial charge in [-0.25, -0.2) is 4.39 Å². The zero-order chi connectivity index (χ0) is 10.1. The lowest BCUT2D eigenvalue weighted by molar-refractivity contribution is 0.380. The Morgan fingerprint density at radius 3 is 3.00 bits per heavy atom. The minimum atomic E-state index is -0.275. The smallest absolute Gasteiger partial charge is 0.165 e. The third-order valence-electron chi connectivity index (χ3n) is 2.65. The average Bonchev–Trinajstić information content (AvgIpc) is 2.18. The molecule has 1 atom stereocenters. The second-order valence-electron chi connectivity index (χ2n) is 3.69. The summed E-state index contributed by atoms with van der Waals surface area (Å²) in [5.74, 6) is 0.115. The number of methoxy groups -OCH3 is 1. The SMILES string of the molecule is COc1c(F)ccc2c1CCC(C)N2. The molecular formula is C11H14FNO. The Labute approximate surface area is 83.1 Å². The van der Waals surface area contributed by atoms with Gasteiger partial charge in [-0.15, -0.1) is 0 Å². The summed E-state index contributed by atoms with van der Waals surface area (Å²) < 4.78 is 18.4. The van der Waals surface area contributed by atoms with Gasteiger partial charge in [-0.1, -0.05) is 0 Å². The first kappa shape index (κ1) is 9.31. The summed E-state index contributed by atoms with van der Waals surface area (Å²) >= 11 is 0. The van der Waals surface area contributed by atoms with Crippen LogP contribution >= 0.6 is 0 Å². The van der Waals surface area contributed by atoms with Gasteiger partial charge in [-0.2, -0.15) is 0 Å². The van der Waals surface area contributed by atoms with Crippen molar-refractivity contribution in [3.05, 3.63) is 23.5 Å². The van der Waals surface area contributed by atoms with Gasteiger partial charge in [0.1, 0.15) is 0 Å². The van der Waals surface area contributed by atoms with E-state index in [1.54, 1.807) is 6.07 Å². The van der Waals surface area contributed by atoms with Crippen LogP contribution in [0.5, 0.6) is 5.75 Å². The third-order valence-corrected chi connectivity index (χ3v) is 2.65. The van der Waals surface area contributed by atoms with Crippen molar-refractivity contribution in [1.29, 1.82) is 0 Å². The zero-order valence-electron chi connectivity index (χ0n) is 8.43. The summed E-state index contributed by atoms with van der Waals surface area (Å²) in [5.41, 5.74) is 1.97. The minimum absolute atomic E-state index is 0.275. The molecular weight excluding hydrogens is 181 g/mol. The Bertz CT molecular complexity index is 351. The molecule has 0 fully saturated rings. The van der Waals surface area contributed by atoms with Gasteiger partial charge in [0.05, 0.1) is 7.11 Å². The highest BCUT2D eigenvalue weighted by Crippen LogP contribution is 2.34. The van der Waals surface area contributed by atoms with E-state index in [0.29, 0.717) is 11.8 Å². The van der Waals surface area contributed by atoms with Crippen LogP contribution in [0.1, 0.15) is 18.9 Å². The standard InChI is InChI=1S/C11H14FNO/c1-7-3-4-8-10(13-7)6-5-9(12)11(8)14-2/h5-7,13H,3-4H2,1-2H3. The van der Waals surface area contributed by atoms with E-state index in [9.17, 15) is 4.39 Å². The lowest BCUT2D eigenvalue weighted by Gasteiger charge is -2.25. The molecule has 1 aliphatic rings. The summed E-state index contributed by atoms with van der Waals surface area (Å²) in [5, 5.41) is 3.32. The van der Waals surface area contributed by atoms with Crippen molar-refractivity contribution in [2.24, 2.45) is 0 Å². The minimum Gasteiger partial charge on any atom is -0.493 e. The predicted molar refractivity (Wildman–Crippen MR) is 54.4 cm³/mol. The maximum Gasteiger partial charge on any atom is 0.165 e. The number of anilines is 1.